The van der Waals surface area contributed by atoms with Gasteiger partial charge in [-0.3, -0.25) is 4.79 Å². The van der Waals surface area contributed by atoms with Gasteiger partial charge in [0.1, 0.15) is 12.2 Å². The first-order valence-corrected chi connectivity index (χ1v) is 9.42. The predicted octanol–water partition coefficient (Wildman–Crippen LogP) is 3.79. The minimum atomic E-state index is -0.738. The third kappa shape index (κ3) is 5.93. The summed E-state index contributed by atoms with van der Waals surface area (Å²) < 4.78 is 10.9. The molecule has 1 N–H and O–H groups in total. The number of hydrogen-bond donors (Lipinski definition) is 1. The molecule has 0 aromatic carbocycles. The lowest BCUT2D eigenvalue weighted by molar-refractivity contribution is -0.144. The van der Waals surface area contributed by atoms with Gasteiger partial charge in [-0.15, -0.1) is 0 Å². The summed E-state index contributed by atoms with van der Waals surface area (Å²) >= 11 is 0. The lowest BCUT2D eigenvalue weighted by Gasteiger charge is -2.23. The molecule has 0 bridgehead atoms. The first-order chi connectivity index (χ1) is 12.7. The van der Waals surface area contributed by atoms with Gasteiger partial charge in [-0.2, -0.15) is 0 Å². The van der Waals surface area contributed by atoms with E-state index in [1.807, 2.05) is 32.9 Å². The Morgan fingerprint density at radius 2 is 1.89 bits per heavy atom. The summed E-state index contributed by atoms with van der Waals surface area (Å²) in [5.41, 5.74) is 3.45. The highest BCUT2D eigenvalue weighted by molar-refractivity contribution is 5.91. The maximum atomic E-state index is 12.0. The fraction of sp³-hybridized carbons (Fsp3) is 0.545. The van der Waals surface area contributed by atoms with E-state index in [9.17, 15) is 14.7 Å². The van der Waals surface area contributed by atoms with E-state index in [0.717, 1.165) is 29.6 Å². The van der Waals surface area contributed by atoms with Crippen molar-refractivity contribution in [1.29, 1.82) is 0 Å². The molecule has 2 aliphatic rings. The van der Waals surface area contributed by atoms with Crippen LogP contribution in [0.5, 0.6) is 0 Å². The second-order valence-electron chi connectivity index (χ2n) is 7.66. The highest BCUT2D eigenvalue weighted by Gasteiger charge is 2.41. The van der Waals surface area contributed by atoms with Crippen molar-refractivity contribution in [2.75, 3.05) is 0 Å². The number of allylic oxidation sites excluding steroid dienone is 2. The number of aliphatic hydroxyl groups excluding tert-OH is 1. The molecule has 0 spiro atoms. The summed E-state index contributed by atoms with van der Waals surface area (Å²) in [6.07, 6.45) is 6.95. The molecule has 0 saturated carbocycles. The average Bonchev–Trinajstić information content (AvgIpc) is 2.79. The summed E-state index contributed by atoms with van der Waals surface area (Å²) in [6.45, 7) is 11.1. The lowest BCUT2D eigenvalue weighted by atomic mass is 9.86. The largest absolute Gasteiger partial charge is 0.458 e. The maximum absolute atomic E-state index is 12.0. The molecule has 5 heteroatoms. The second kappa shape index (κ2) is 9.18. The predicted molar refractivity (Wildman–Crippen MR) is 104 cm³/mol. The standard InChI is InChI=1S/C22H30O5/c1-13-7-6-8-14(2)11-19(24)21-16(4)22(25)27-20(21)12-15(3)10-18(9-13)26-17(5)23/h8-9,12,18-21,24H,4,6-7,10-11H2,1-3,5H3/b13-9-,14-8-,15-12-/t18-,19+,20+,21+/m1/s1. The fourth-order valence-electron chi connectivity index (χ4n) is 3.70. The van der Waals surface area contributed by atoms with Crippen LogP contribution in [0.4, 0.5) is 0 Å². The van der Waals surface area contributed by atoms with Gasteiger partial charge in [0.15, 0.2) is 0 Å². The van der Waals surface area contributed by atoms with Gasteiger partial charge in [0.25, 0.3) is 0 Å². The molecule has 0 radical (unpaired) electrons. The topological polar surface area (TPSA) is 72.8 Å². The zero-order valence-corrected chi connectivity index (χ0v) is 16.7. The quantitative estimate of drug-likeness (QED) is 0.429. The molecule has 1 aliphatic heterocycles. The Hall–Kier alpha value is -2.14. The van der Waals surface area contributed by atoms with Gasteiger partial charge in [0.05, 0.1) is 12.0 Å². The normalized spacial score (nSPS) is 36.1. The van der Waals surface area contributed by atoms with Gasteiger partial charge in [-0.05, 0) is 52.2 Å². The van der Waals surface area contributed by atoms with Crippen LogP contribution < -0.4 is 0 Å². The Morgan fingerprint density at radius 3 is 2.56 bits per heavy atom. The molecule has 1 aliphatic carbocycles. The van der Waals surface area contributed by atoms with Crippen molar-refractivity contribution < 1.29 is 24.2 Å². The van der Waals surface area contributed by atoms with Crippen LogP contribution in [-0.4, -0.2) is 35.4 Å². The fourth-order valence-corrected chi connectivity index (χ4v) is 3.70. The molecule has 0 aromatic rings. The molecule has 27 heavy (non-hydrogen) atoms. The van der Waals surface area contributed by atoms with Crippen molar-refractivity contribution in [2.45, 2.75) is 71.7 Å². The Bertz CT molecular complexity index is 697. The summed E-state index contributed by atoms with van der Waals surface area (Å²) in [5, 5.41) is 10.7. The number of rotatable bonds is 1. The van der Waals surface area contributed by atoms with Crippen LogP contribution in [0.1, 0.15) is 53.4 Å². The molecular formula is C22H30O5. The Labute approximate surface area is 161 Å². The second-order valence-corrected chi connectivity index (χ2v) is 7.66. The molecule has 5 nitrogen and oxygen atoms in total. The van der Waals surface area contributed by atoms with Crippen LogP contribution in [0, 0.1) is 5.92 Å². The maximum Gasteiger partial charge on any atom is 0.334 e. The number of fused-ring (bicyclic) bond motifs is 1. The van der Waals surface area contributed by atoms with Crippen molar-refractivity contribution in [3.8, 4) is 0 Å². The number of carbonyl (C=O) groups excluding carboxylic acids is 2. The van der Waals surface area contributed by atoms with E-state index in [4.69, 9.17) is 9.47 Å². The van der Waals surface area contributed by atoms with Crippen molar-refractivity contribution in [3.05, 3.63) is 47.1 Å². The van der Waals surface area contributed by atoms with Crippen molar-refractivity contribution in [2.24, 2.45) is 5.92 Å². The van der Waals surface area contributed by atoms with Crippen molar-refractivity contribution in [3.63, 3.8) is 0 Å². The third-order valence-electron chi connectivity index (χ3n) is 5.00. The SMILES string of the molecule is C=C1C(=O)O[C@H]2/C=C(/C)C[C@H](OC(C)=O)/C=C(/C)CC/C=C(/C)C[C@H](O)[C@H]12. The van der Waals surface area contributed by atoms with Crippen LogP contribution in [-0.2, 0) is 19.1 Å². The van der Waals surface area contributed by atoms with Gasteiger partial charge in [-0.1, -0.05) is 29.4 Å². The number of carbonyl (C=O) groups is 2. The Kier molecular flexibility index (Phi) is 7.19. The zero-order chi connectivity index (χ0) is 20.1. The molecule has 1 fully saturated rings. The van der Waals surface area contributed by atoms with E-state index in [2.05, 4.69) is 12.7 Å². The summed E-state index contributed by atoms with van der Waals surface area (Å²) in [4.78, 5) is 23.5. The molecule has 4 atom stereocenters. The molecular weight excluding hydrogens is 344 g/mol. The highest BCUT2D eigenvalue weighted by atomic mass is 16.6. The highest BCUT2D eigenvalue weighted by Crippen LogP contribution is 2.34. The summed E-state index contributed by atoms with van der Waals surface area (Å²) in [7, 11) is 0. The van der Waals surface area contributed by atoms with E-state index < -0.39 is 24.1 Å². The first-order valence-electron chi connectivity index (χ1n) is 9.42. The van der Waals surface area contributed by atoms with E-state index >= 15 is 0 Å². The van der Waals surface area contributed by atoms with Crippen LogP contribution in [0.3, 0.4) is 0 Å². The lowest BCUT2D eigenvalue weighted by Crippen LogP contribution is -2.28. The van der Waals surface area contributed by atoms with Gasteiger partial charge in [0, 0.05) is 18.9 Å². The van der Waals surface area contributed by atoms with E-state index in [0.29, 0.717) is 18.4 Å². The summed E-state index contributed by atoms with van der Waals surface area (Å²) in [5.74, 6) is -1.27. The minimum absolute atomic E-state index is 0.309. The van der Waals surface area contributed by atoms with Gasteiger partial charge in [-0.25, -0.2) is 4.79 Å². The zero-order valence-electron chi connectivity index (χ0n) is 16.7. The van der Waals surface area contributed by atoms with E-state index in [1.165, 1.54) is 6.92 Å². The first kappa shape index (κ1) is 21.2. The smallest absolute Gasteiger partial charge is 0.334 e. The van der Waals surface area contributed by atoms with Crippen molar-refractivity contribution >= 4 is 11.9 Å². The van der Waals surface area contributed by atoms with Gasteiger partial charge >= 0.3 is 11.9 Å². The van der Waals surface area contributed by atoms with Crippen LogP contribution in [0.2, 0.25) is 0 Å². The average molecular weight is 374 g/mol. The van der Waals surface area contributed by atoms with Gasteiger partial charge < -0.3 is 14.6 Å². The van der Waals surface area contributed by atoms with E-state index in [1.54, 1.807) is 0 Å². The molecule has 0 unspecified atom stereocenters. The molecule has 148 valence electrons. The van der Waals surface area contributed by atoms with E-state index in [-0.39, 0.29) is 12.1 Å². The molecule has 0 amide bonds. The Balaban J connectivity index is 2.37. The molecule has 2 rings (SSSR count). The van der Waals surface area contributed by atoms with Crippen LogP contribution in [0.25, 0.3) is 0 Å². The van der Waals surface area contributed by atoms with Crippen molar-refractivity contribution in [1.82, 2.24) is 0 Å². The number of esters is 2. The van der Waals surface area contributed by atoms with Crippen LogP contribution >= 0.6 is 0 Å². The molecule has 0 aromatic heterocycles. The van der Waals surface area contributed by atoms with Gasteiger partial charge in [0.2, 0.25) is 0 Å². The summed E-state index contributed by atoms with van der Waals surface area (Å²) in [6, 6.07) is 0. The number of hydrogen-bond acceptors (Lipinski definition) is 5. The Morgan fingerprint density at radius 1 is 1.19 bits per heavy atom. The van der Waals surface area contributed by atoms with Crippen LogP contribution in [0.15, 0.2) is 47.1 Å². The monoisotopic (exact) mass is 374 g/mol. The molecule has 1 heterocycles. The number of aliphatic hydroxyl groups is 1. The minimum Gasteiger partial charge on any atom is -0.458 e. The third-order valence-corrected chi connectivity index (χ3v) is 5.00. The molecule has 1 saturated heterocycles. The number of ether oxygens (including phenoxy) is 2.